The number of pyridine rings is 1. The quantitative estimate of drug-likeness (QED) is 0.832. The number of carbonyl (C=O) groups excluding carboxylic acids is 3. The lowest BCUT2D eigenvalue weighted by atomic mass is 10.2. The summed E-state index contributed by atoms with van der Waals surface area (Å²) in [6.07, 6.45) is 1.96. The number of carbonyl (C=O) groups is 3. The standard InChI is InChI=1S/C16H19N5O4/c1-9(2)21-13-11(8-19-21)6-12(7-18-13)15(23)25-10(3)14(22)20-5-4-17-16(20)24/h6-10H,4-5H2,1-3H3,(H,17,24)/t10-/m1/s1. The number of nitrogens with one attached hydrogen (secondary N) is 1. The zero-order chi connectivity index (χ0) is 18.1. The van der Waals surface area contributed by atoms with Gasteiger partial charge in [-0.05, 0) is 26.8 Å². The van der Waals surface area contributed by atoms with Crippen LogP contribution in [-0.4, -0.2) is 56.8 Å². The SMILES string of the molecule is CC(C)n1ncc2cc(C(=O)O[C@H](C)C(=O)N3CCNC3=O)cnc21. The van der Waals surface area contributed by atoms with Gasteiger partial charge in [-0.15, -0.1) is 0 Å². The summed E-state index contributed by atoms with van der Waals surface area (Å²) in [7, 11) is 0. The molecule has 9 nitrogen and oxygen atoms in total. The molecular formula is C16H19N5O4. The van der Waals surface area contributed by atoms with E-state index >= 15 is 0 Å². The summed E-state index contributed by atoms with van der Waals surface area (Å²) in [4.78, 5) is 41.3. The lowest BCUT2D eigenvalue weighted by Crippen LogP contribution is -2.41. The smallest absolute Gasteiger partial charge is 0.340 e. The number of ether oxygens (including phenoxy) is 1. The molecule has 2 aromatic rings. The highest BCUT2D eigenvalue weighted by Crippen LogP contribution is 2.17. The second-order valence-electron chi connectivity index (χ2n) is 6.09. The molecule has 1 aliphatic heterocycles. The molecule has 25 heavy (non-hydrogen) atoms. The summed E-state index contributed by atoms with van der Waals surface area (Å²) < 4.78 is 6.94. The van der Waals surface area contributed by atoms with Crippen molar-refractivity contribution in [2.45, 2.75) is 32.9 Å². The predicted molar refractivity (Wildman–Crippen MR) is 87.9 cm³/mol. The third-order valence-corrected chi connectivity index (χ3v) is 3.91. The van der Waals surface area contributed by atoms with Gasteiger partial charge in [-0.25, -0.2) is 19.3 Å². The maximum Gasteiger partial charge on any atom is 0.340 e. The van der Waals surface area contributed by atoms with Gasteiger partial charge in [-0.3, -0.25) is 9.69 Å². The van der Waals surface area contributed by atoms with Gasteiger partial charge in [0.1, 0.15) is 0 Å². The monoisotopic (exact) mass is 345 g/mol. The molecule has 0 aromatic carbocycles. The van der Waals surface area contributed by atoms with Crippen molar-refractivity contribution in [1.29, 1.82) is 0 Å². The first-order valence-electron chi connectivity index (χ1n) is 8.02. The maximum atomic E-state index is 12.3. The van der Waals surface area contributed by atoms with Gasteiger partial charge in [0.15, 0.2) is 11.8 Å². The molecule has 0 aliphatic carbocycles. The number of urea groups is 1. The Balaban J connectivity index is 1.73. The lowest BCUT2D eigenvalue weighted by molar-refractivity contribution is -0.136. The van der Waals surface area contributed by atoms with Crippen molar-refractivity contribution >= 4 is 28.9 Å². The van der Waals surface area contributed by atoms with Gasteiger partial charge in [0.05, 0.1) is 11.8 Å². The first-order valence-corrected chi connectivity index (χ1v) is 8.02. The Kier molecular flexibility index (Phi) is 4.39. The number of fused-ring (bicyclic) bond motifs is 1. The molecule has 0 bridgehead atoms. The zero-order valence-electron chi connectivity index (χ0n) is 14.2. The molecule has 1 fully saturated rings. The number of hydrogen-bond donors (Lipinski definition) is 1. The van der Waals surface area contributed by atoms with Crippen LogP contribution in [-0.2, 0) is 9.53 Å². The Bertz CT molecular complexity index is 844. The molecule has 0 unspecified atom stereocenters. The highest BCUT2D eigenvalue weighted by atomic mass is 16.5. The maximum absolute atomic E-state index is 12.3. The van der Waals surface area contributed by atoms with Gasteiger partial charge in [0, 0.05) is 30.7 Å². The average molecular weight is 345 g/mol. The molecule has 2 aromatic heterocycles. The van der Waals surface area contributed by atoms with E-state index in [0.717, 1.165) is 4.90 Å². The Morgan fingerprint density at radius 2 is 2.04 bits per heavy atom. The van der Waals surface area contributed by atoms with Gasteiger partial charge in [0.25, 0.3) is 5.91 Å². The van der Waals surface area contributed by atoms with Crippen molar-refractivity contribution < 1.29 is 19.1 Å². The number of esters is 1. The molecule has 1 saturated heterocycles. The van der Waals surface area contributed by atoms with Crippen LogP contribution in [0.2, 0.25) is 0 Å². The van der Waals surface area contributed by atoms with Gasteiger partial charge >= 0.3 is 12.0 Å². The van der Waals surface area contributed by atoms with Crippen molar-refractivity contribution in [3.63, 3.8) is 0 Å². The van der Waals surface area contributed by atoms with Crippen LogP contribution in [0, 0.1) is 0 Å². The van der Waals surface area contributed by atoms with E-state index in [2.05, 4.69) is 15.4 Å². The normalized spacial score (nSPS) is 15.5. The predicted octanol–water partition coefficient (Wildman–Crippen LogP) is 1.11. The third-order valence-electron chi connectivity index (χ3n) is 3.91. The number of amides is 3. The van der Waals surface area contributed by atoms with Crippen LogP contribution in [0.15, 0.2) is 18.5 Å². The highest BCUT2D eigenvalue weighted by Gasteiger charge is 2.31. The second kappa shape index (κ2) is 6.50. The zero-order valence-corrected chi connectivity index (χ0v) is 14.2. The van der Waals surface area contributed by atoms with Crippen LogP contribution in [0.3, 0.4) is 0 Å². The van der Waals surface area contributed by atoms with Crippen LogP contribution in [0.5, 0.6) is 0 Å². The number of rotatable bonds is 4. The Morgan fingerprint density at radius 3 is 2.68 bits per heavy atom. The third kappa shape index (κ3) is 3.17. The Labute approximate surface area is 143 Å². The molecule has 1 aliphatic rings. The molecule has 1 atom stereocenters. The average Bonchev–Trinajstić information content (AvgIpc) is 3.19. The first kappa shape index (κ1) is 16.9. The van der Waals surface area contributed by atoms with E-state index in [9.17, 15) is 14.4 Å². The Morgan fingerprint density at radius 1 is 1.28 bits per heavy atom. The van der Waals surface area contributed by atoms with E-state index in [0.29, 0.717) is 17.6 Å². The van der Waals surface area contributed by atoms with Crippen molar-refractivity contribution in [1.82, 2.24) is 25.0 Å². The van der Waals surface area contributed by atoms with E-state index in [1.165, 1.54) is 13.1 Å². The number of hydrogen-bond acceptors (Lipinski definition) is 6. The summed E-state index contributed by atoms with van der Waals surface area (Å²) >= 11 is 0. The molecule has 3 amide bonds. The summed E-state index contributed by atoms with van der Waals surface area (Å²) in [5.41, 5.74) is 0.894. The van der Waals surface area contributed by atoms with Crippen molar-refractivity contribution in [3.05, 3.63) is 24.0 Å². The molecule has 9 heteroatoms. The van der Waals surface area contributed by atoms with Gasteiger partial charge in [-0.2, -0.15) is 5.10 Å². The minimum absolute atomic E-state index is 0.145. The fourth-order valence-corrected chi connectivity index (χ4v) is 2.61. The Hall–Kier alpha value is -2.97. The van der Waals surface area contributed by atoms with Crippen LogP contribution < -0.4 is 5.32 Å². The van der Waals surface area contributed by atoms with Crippen LogP contribution >= 0.6 is 0 Å². The van der Waals surface area contributed by atoms with E-state index in [1.807, 2.05) is 13.8 Å². The molecular weight excluding hydrogens is 326 g/mol. The number of nitrogens with zero attached hydrogens (tertiary/aromatic N) is 4. The molecule has 3 rings (SSSR count). The molecule has 0 saturated carbocycles. The number of imide groups is 1. The minimum atomic E-state index is -1.06. The summed E-state index contributed by atoms with van der Waals surface area (Å²) in [6.45, 7) is 6.07. The fraction of sp³-hybridized carbons (Fsp3) is 0.438. The number of aromatic nitrogens is 3. The van der Waals surface area contributed by atoms with Gasteiger partial charge in [-0.1, -0.05) is 0 Å². The summed E-state index contributed by atoms with van der Waals surface area (Å²) in [6, 6.07) is 1.29. The van der Waals surface area contributed by atoms with E-state index in [1.54, 1.807) is 16.9 Å². The van der Waals surface area contributed by atoms with E-state index in [-0.39, 0.29) is 18.2 Å². The molecule has 132 valence electrons. The summed E-state index contributed by atoms with van der Waals surface area (Å²) in [5.74, 6) is -1.22. The topological polar surface area (TPSA) is 106 Å². The molecule has 3 heterocycles. The summed E-state index contributed by atoms with van der Waals surface area (Å²) in [5, 5.41) is 7.48. The van der Waals surface area contributed by atoms with Crippen molar-refractivity contribution in [3.8, 4) is 0 Å². The largest absolute Gasteiger partial charge is 0.449 e. The van der Waals surface area contributed by atoms with Gasteiger partial charge in [0.2, 0.25) is 0 Å². The van der Waals surface area contributed by atoms with Crippen LogP contribution in [0.25, 0.3) is 11.0 Å². The van der Waals surface area contributed by atoms with E-state index < -0.39 is 24.0 Å². The first-order chi connectivity index (χ1) is 11.9. The molecule has 1 N–H and O–H groups in total. The van der Waals surface area contributed by atoms with Crippen molar-refractivity contribution in [2.75, 3.05) is 13.1 Å². The fourth-order valence-electron chi connectivity index (χ4n) is 2.61. The van der Waals surface area contributed by atoms with E-state index in [4.69, 9.17) is 4.74 Å². The van der Waals surface area contributed by atoms with Crippen LogP contribution in [0.1, 0.15) is 37.2 Å². The highest BCUT2D eigenvalue weighted by molar-refractivity contribution is 6.00. The van der Waals surface area contributed by atoms with Crippen LogP contribution in [0.4, 0.5) is 4.79 Å². The molecule has 0 radical (unpaired) electrons. The molecule has 0 spiro atoms. The minimum Gasteiger partial charge on any atom is -0.449 e. The van der Waals surface area contributed by atoms with Gasteiger partial charge < -0.3 is 10.1 Å². The lowest BCUT2D eigenvalue weighted by Gasteiger charge is -2.18. The second-order valence-corrected chi connectivity index (χ2v) is 6.09. The van der Waals surface area contributed by atoms with Crippen molar-refractivity contribution in [2.24, 2.45) is 0 Å².